The molecule has 2 aliphatic rings. The summed E-state index contributed by atoms with van der Waals surface area (Å²) in [6.45, 7) is 8.09. The quantitative estimate of drug-likeness (QED) is 0.0296. The molecule has 0 saturated carbocycles. The summed E-state index contributed by atoms with van der Waals surface area (Å²) in [5.41, 5.74) is 15.2. The molecule has 0 spiro atoms. The molecule has 7 aromatic rings. The monoisotopic (exact) mass is 1130 g/mol. The highest BCUT2D eigenvalue weighted by Gasteiger charge is 2.20. The van der Waals surface area contributed by atoms with Crippen LogP contribution in [0.1, 0.15) is 113 Å². The Morgan fingerprint density at radius 3 is 0.905 bits per heavy atom. The smallest absolute Gasteiger partial charge is 0.119 e. The molecule has 0 atom stereocenters. The van der Waals surface area contributed by atoms with Gasteiger partial charge in [-0.2, -0.15) is 0 Å². The first-order valence-corrected chi connectivity index (χ1v) is 31.2. The van der Waals surface area contributed by atoms with Crippen molar-refractivity contribution in [3.05, 3.63) is 144 Å². The van der Waals surface area contributed by atoms with E-state index in [1.54, 1.807) is 0 Å². The Morgan fingerprint density at radius 1 is 0.345 bits per heavy atom. The molecule has 0 aliphatic carbocycles. The van der Waals surface area contributed by atoms with Gasteiger partial charge in [0.25, 0.3) is 0 Å². The Morgan fingerprint density at radius 2 is 0.619 bits per heavy atom. The molecule has 3 N–H and O–H groups in total. The molecule has 0 amide bonds. The summed E-state index contributed by atoms with van der Waals surface area (Å²) in [7, 11) is 17.6. The van der Waals surface area contributed by atoms with Crippen LogP contribution in [-0.4, -0.2) is 131 Å². The summed E-state index contributed by atoms with van der Waals surface area (Å²) < 4.78 is 27.0. The van der Waals surface area contributed by atoms with Crippen LogP contribution in [0.2, 0.25) is 0 Å². The lowest BCUT2D eigenvalue weighted by Gasteiger charge is -2.23. The standard InChI is InChI=1S/C73H93N7O4/c1-10-11-12-13-14-15-16-17-18-19-50-81-58-31-23-54(24-32-58)70-62-39-41-64(74-62)71(55-25-33-59(34-26-55)82-51-20-47-78(2)3)65-42-44-67(76-65)73(57-29-37-61(38-30-57)84-53-22-49-80(7,8)9)69-46-45-68(77-69)72(66-43-40-63(70)75-66)56-27-35-60(36-28-56)83-52-21-48-79(4,5)6/h23-46,74,77H,10-22,47-53H2,1-9H3/q+2/p+1. The van der Waals surface area contributed by atoms with Crippen molar-refractivity contribution in [1.29, 1.82) is 0 Å². The minimum atomic E-state index is 0.655. The predicted octanol–water partition coefficient (Wildman–Crippen LogP) is 15.5. The number of aromatic amines is 2. The first-order valence-electron chi connectivity index (χ1n) is 31.2. The van der Waals surface area contributed by atoms with Gasteiger partial charge in [-0.05, 0) is 126 Å². The second-order valence-electron chi connectivity index (χ2n) is 25.2. The van der Waals surface area contributed by atoms with Crippen molar-refractivity contribution >= 4 is 46.4 Å². The number of nitrogens with zero attached hydrogens (tertiary/aromatic N) is 4. The largest absolute Gasteiger partial charge is 0.494 e. The fourth-order valence-electron chi connectivity index (χ4n) is 11.1. The summed E-state index contributed by atoms with van der Waals surface area (Å²) in [5.74, 6) is 3.41. The summed E-state index contributed by atoms with van der Waals surface area (Å²) in [6.07, 6.45) is 24.5. The third-order valence-electron chi connectivity index (χ3n) is 15.7. The molecule has 442 valence electrons. The lowest BCUT2D eigenvalue weighted by atomic mass is 10.0. The van der Waals surface area contributed by atoms with E-state index >= 15 is 0 Å². The van der Waals surface area contributed by atoms with Crippen LogP contribution in [0.15, 0.2) is 121 Å². The van der Waals surface area contributed by atoms with Gasteiger partial charge in [0.2, 0.25) is 0 Å². The van der Waals surface area contributed by atoms with Crippen molar-refractivity contribution in [2.45, 2.75) is 90.4 Å². The lowest BCUT2D eigenvalue weighted by molar-refractivity contribution is -0.870. The zero-order valence-corrected chi connectivity index (χ0v) is 51.9. The molecule has 8 bridgehead atoms. The van der Waals surface area contributed by atoms with E-state index in [1.165, 1.54) is 62.7 Å². The minimum absolute atomic E-state index is 0.655. The number of H-pyrrole nitrogens is 2. The number of rotatable bonds is 31. The fourth-order valence-corrected chi connectivity index (χ4v) is 11.1. The van der Waals surface area contributed by atoms with E-state index in [4.69, 9.17) is 28.9 Å². The first kappa shape index (κ1) is 61.1. The summed E-state index contributed by atoms with van der Waals surface area (Å²) in [4.78, 5) is 20.5. The van der Waals surface area contributed by atoms with Gasteiger partial charge in [0, 0.05) is 63.6 Å². The maximum absolute atomic E-state index is 6.38. The van der Waals surface area contributed by atoms with Crippen LogP contribution >= 0.6 is 0 Å². The van der Waals surface area contributed by atoms with E-state index in [0.717, 1.165) is 167 Å². The average Bonchev–Trinajstić information content (AvgIpc) is 3.18. The van der Waals surface area contributed by atoms with Crippen molar-refractivity contribution < 1.29 is 32.8 Å². The summed E-state index contributed by atoms with van der Waals surface area (Å²) in [5, 5.41) is 0. The zero-order chi connectivity index (χ0) is 58.9. The number of ether oxygens (including phenoxy) is 4. The normalized spacial score (nSPS) is 12.4. The molecule has 4 aromatic carbocycles. The first-order chi connectivity index (χ1) is 40.7. The van der Waals surface area contributed by atoms with Gasteiger partial charge >= 0.3 is 0 Å². The van der Waals surface area contributed by atoms with Crippen LogP contribution in [0.5, 0.6) is 23.0 Å². The van der Waals surface area contributed by atoms with E-state index in [1.807, 2.05) is 0 Å². The molecule has 3 aromatic heterocycles. The number of quaternary nitrogens is 3. The fraction of sp³-hybridized carbons (Fsp3) is 0.397. The molecule has 0 fully saturated rings. The molecule has 2 aliphatic heterocycles. The van der Waals surface area contributed by atoms with Crippen LogP contribution < -0.4 is 23.8 Å². The Kier molecular flexibility index (Phi) is 21.4. The Bertz CT molecular complexity index is 3450. The third-order valence-corrected chi connectivity index (χ3v) is 15.7. The average molecular weight is 1130 g/mol. The third kappa shape index (κ3) is 17.3. The van der Waals surface area contributed by atoms with E-state index in [-0.39, 0.29) is 0 Å². The molecular weight excluding hydrogens is 1040 g/mol. The van der Waals surface area contributed by atoms with Crippen LogP contribution in [0.25, 0.3) is 90.9 Å². The Balaban J connectivity index is 1.16. The van der Waals surface area contributed by atoms with Crippen molar-refractivity contribution in [1.82, 2.24) is 19.9 Å². The minimum Gasteiger partial charge on any atom is -0.494 e. The van der Waals surface area contributed by atoms with Crippen molar-refractivity contribution in [3.8, 4) is 67.5 Å². The van der Waals surface area contributed by atoms with E-state index in [9.17, 15) is 0 Å². The summed E-state index contributed by atoms with van der Waals surface area (Å²) in [6, 6.07) is 42.7. The molecule has 84 heavy (non-hydrogen) atoms. The van der Waals surface area contributed by atoms with Gasteiger partial charge in [0.15, 0.2) is 0 Å². The van der Waals surface area contributed by atoms with Crippen LogP contribution in [0.3, 0.4) is 0 Å². The van der Waals surface area contributed by atoms with Crippen LogP contribution in [0, 0.1) is 0 Å². The molecule has 11 nitrogen and oxygen atoms in total. The zero-order valence-electron chi connectivity index (χ0n) is 51.9. The van der Waals surface area contributed by atoms with Gasteiger partial charge in [0.1, 0.15) is 23.0 Å². The molecule has 0 unspecified atom stereocenters. The highest BCUT2D eigenvalue weighted by molar-refractivity contribution is 6.00. The van der Waals surface area contributed by atoms with Gasteiger partial charge in [-0.3, -0.25) is 0 Å². The predicted molar refractivity (Wildman–Crippen MR) is 352 cm³/mol. The molecule has 9 rings (SSSR count). The van der Waals surface area contributed by atoms with Crippen molar-refractivity contribution in [2.75, 3.05) is 102 Å². The maximum atomic E-state index is 6.38. The van der Waals surface area contributed by atoms with Gasteiger partial charge in [0.05, 0.1) is 125 Å². The number of benzene rings is 4. The second-order valence-corrected chi connectivity index (χ2v) is 25.2. The molecule has 0 saturated heterocycles. The number of hydrogen-bond acceptors (Lipinski definition) is 6. The topological polar surface area (TPSA) is 98.7 Å². The lowest BCUT2D eigenvalue weighted by Crippen LogP contribution is -3.05. The molecule has 0 radical (unpaired) electrons. The number of unbranched alkanes of at least 4 members (excludes halogenated alkanes) is 9. The van der Waals surface area contributed by atoms with Gasteiger partial charge in [-0.25, -0.2) is 9.97 Å². The van der Waals surface area contributed by atoms with Gasteiger partial charge in [-0.1, -0.05) is 113 Å². The van der Waals surface area contributed by atoms with Crippen molar-refractivity contribution in [3.63, 3.8) is 0 Å². The highest BCUT2D eigenvalue weighted by Crippen LogP contribution is 2.40. The number of hydrogen-bond donors (Lipinski definition) is 3. The van der Waals surface area contributed by atoms with Gasteiger partial charge < -0.3 is 42.8 Å². The van der Waals surface area contributed by atoms with Crippen molar-refractivity contribution in [2.24, 2.45) is 0 Å². The molecular formula is C73H94N7O4+3. The summed E-state index contributed by atoms with van der Waals surface area (Å²) >= 11 is 0. The Labute approximate surface area is 501 Å². The Hall–Kier alpha value is -7.44. The molecule has 5 heterocycles. The number of nitrogens with one attached hydrogen (secondary N) is 3. The number of fused-ring (bicyclic) bond motifs is 8. The highest BCUT2D eigenvalue weighted by atomic mass is 16.5. The second kappa shape index (κ2) is 29.4. The van der Waals surface area contributed by atoms with Crippen LogP contribution in [0.4, 0.5) is 0 Å². The van der Waals surface area contributed by atoms with E-state index in [2.05, 4.69) is 219 Å². The van der Waals surface area contributed by atoms with E-state index in [0.29, 0.717) is 26.4 Å². The SMILES string of the molecule is CCCCCCCCCCCCOc1ccc(-c2c3nc(c(-c4ccc(OCCC[N+](C)(C)C)cc4)c4ccc([nH]4)c(-c4ccc(OCCC[N+](C)(C)C)cc4)c4nc(c(-c5ccc(OCCC[NH+](C)C)cc5)c5ccc2[nH]5)C=C4)C=C3)cc1. The molecule has 11 heteroatoms. The number of aromatic nitrogens is 4. The maximum Gasteiger partial charge on any atom is 0.119 e. The van der Waals surface area contributed by atoms with Crippen LogP contribution in [-0.2, 0) is 0 Å². The van der Waals surface area contributed by atoms with Gasteiger partial charge in [-0.15, -0.1) is 0 Å². The van der Waals surface area contributed by atoms with E-state index < -0.39 is 0 Å².